The highest BCUT2D eigenvalue weighted by Gasteiger charge is 2.35. The first-order chi connectivity index (χ1) is 26.1. The molecule has 1 rings (SSSR count). The van der Waals surface area contributed by atoms with Gasteiger partial charge >= 0.3 is 13.8 Å². The van der Waals surface area contributed by atoms with Crippen molar-refractivity contribution in [2.24, 2.45) is 11.7 Å². The molecule has 1 aliphatic heterocycles. The number of phosphoric ester groups is 1. The molecule has 1 fully saturated rings. The van der Waals surface area contributed by atoms with Gasteiger partial charge in [-0.2, -0.15) is 0 Å². The van der Waals surface area contributed by atoms with E-state index in [1.165, 1.54) is 70.6 Å². The first kappa shape index (κ1) is 50.8. The largest absolute Gasteiger partial charge is 0.472 e. The van der Waals surface area contributed by atoms with E-state index in [2.05, 4.69) is 13.8 Å². The van der Waals surface area contributed by atoms with Crippen molar-refractivity contribution in [2.75, 3.05) is 33.0 Å². The fourth-order valence-corrected chi connectivity index (χ4v) is 7.21. The zero-order valence-electron chi connectivity index (χ0n) is 33.7. The molecular weight excluding hydrogens is 713 g/mol. The molecule has 0 bridgehead atoms. The fourth-order valence-electron chi connectivity index (χ4n) is 6.45. The van der Waals surface area contributed by atoms with Gasteiger partial charge in [0.15, 0.2) is 6.29 Å². The standard InChI is InChI=1S/C41H78NO11P/c1-3-5-7-8-9-10-11-12-13-14-15-16-19-23-30-49-33-36(34-51-54(47,48)50-31-29-42)52-40(45)26-22-18-17-21-25-37-38(44)32-41(46)53-39(37)28-27-35(43)24-20-6-4-2/h17,21,27-28,35-39,41,43-44,46H,3-16,18-20,22-26,29-34,42H2,1-2H3,(H,47,48)/b21-17-,28-27+. The van der Waals surface area contributed by atoms with Crippen LogP contribution in [0.2, 0.25) is 0 Å². The third-order valence-corrected chi connectivity index (χ3v) is 10.7. The van der Waals surface area contributed by atoms with Gasteiger partial charge in [-0.15, -0.1) is 0 Å². The molecule has 7 atom stereocenters. The van der Waals surface area contributed by atoms with Crippen molar-refractivity contribution in [3.05, 3.63) is 24.3 Å². The van der Waals surface area contributed by atoms with Crippen molar-refractivity contribution in [2.45, 2.75) is 192 Å². The second kappa shape index (κ2) is 33.9. The highest BCUT2D eigenvalue weighted by Crippen LogP contribution is 2.43. The van der Waals surface area contributed by atoms with Gasteiger partial charge in [-0.1, -0.05) is 141 Å². The maximum atomic E-state index is 12.7. The van der Waals surface area contributed by atoms with E-state index in [9.17, 15) is 29.6 Å². The molecule has 0 saturated carbocycles. The Morgan fingerprint density at radius 1 is 0.833 bits per heavy atom. The Morgan fingerprint density at radius 3 is 2.07 bits per heavy atom. The van der Waals surface area contributed by atoms with Crippen LogP contribution >= 0.6 is 7.82 Å². The van der Waals surface area contributed by atoms with Crippen molar-refractivity contribution in [1.82, 2.24) is 0 Å². The van der Waals surface area contributed by atoms with Crippen molar-refractivity contribution >= 4 is 13.8 Å². The van der Waals surface area contributed by atoms with E-state index in [0.717, 1.165) is 38.5 Å². The van der Waals surface area contributed by atoms with Crippen LogP contribution in [0.25, 0.3) is 0 Å². The van der Waals surface area contributed by atoms with Gasteiger partial charge in [0.25, 0.3) is 0 Å². The normalized spacial score (nSPS) is 21.5. The predicted molar refractivity (Wildman–Crippen MR) is 214 cm³/mol. The van der Waals surface area contributed by atoms with Crippen LogP contribution in [-0.2, 0) is 32.6 Å². The number of allylic oxidation sites excluding steroid dienone is 2. The number of carbonyl (C=O) groups excluding carboxylic acids is 1. The minimum Gasteiger partial charge on any atom is -0.457 e. The summed E-state index contributed by atoms with van der Waals surface area (Å²) in [6, 6.07) is 0. The third-order valence-electron chi connectivity index (χ3n) is 9.67. The van der Waals surface area contributed by atoms with Crippen LogP contribution < -0.4 is 5.73 Å². The predicted octanol–water partition coefficient (Wildman–Crippen LogP) is 8.19. The molecule has 0 spiro atoms. The molecule has 54 heavy (non-hydrogen) atoms. The van der Waals surface area contributed by atoms with E-state index in [-0.39, 0.29) is 45.1 Å². The van der Waals surface area contributed by atoms with Crippen LogP contribution in [-0.4, -0.2) is 89.9 Å². The second-order valence-corrected chi connectivity index (χ2v) is 16.2. The minimum absolute atomic E-state index is 0.0346. The molecular formula is C41H78NO11P. The van der Waals surface area contributed by atoms with Crippen molar-refractivity contribution < 1.29 is 52.8 Å². The van der Waals surface area contributed by atoms with Crippen LogP contribution in [0.15, 0.2) is 24.3 Å². The van der Waals surface area contributed by atoms with Crippen molar-refractivity contribution in [1.29, 1.82) is 0 Å². The Morgan fingerprint density at radius 2 is 1.44 bits per heavy atom. The number of ether oxygens (including phenoxy) is 3. The summed E-state index contributed by atoms with van der Waals surface area (Å²) in [5.41, 5.74) is 5.36. The number of aliphatic hydroxyl groups excluding tert-OH is 3. The molecule has 0 radical (unpaired) electrons. The fraction of sp³-hybridized carbons (Fsp3) is 0.878. The van der Waals surface area contributed by atoms with E-state index >= 15 is 0 Å². The summed E-state index contributed by atoms with van der Waals surface area (Å²) in [5, 5.41) is 30.9. The topological polar surface area (TPSA) is 187 Å². The van der Waals surface area contributed by atoms with Crippen molar-refractivity contribution in [3.63, 3.8) is 0 Å². The number of unbranched alkanes of at least 4 members (excludes halogenated alkanes) is 16. The van der Waals surface area contributed by atoms with Gasteiger partial charge in [-0.3, -0.25) is 13.8 Å². The lowest BCUT2D eigenvalue weighted by Gasteiger charge is -2.36. The number of aliphatic hydroxyl groups is 3. The van der Waals surface area contributed by atoms with Crippen LogP contribution in [0.1, 0.15) is 162 Å². The molecule has 1 aliphatic rings. The number of nitrogens with two attached hydrogens (primary N) is 1. The Kier molecular flexibility index (Phi) is 31.9. The maximum absolute atomic E-state index is 12.7. The van der Waals surface area contributed by atoms with E-state index in [1.54, 1.807) is 12.2 Å². The molecule has 6 N–H and O–H groups in total. The maximum Gasteiger partial charge on any atom is 0.472 e. The zero-order chi connectivity index (χ0) is 39.7. The highest BCUT2D eigenvalue weighted by molar-refractivity contribution is 7.47. The lowest BCUT2D eigenvalue weighted by molar-refractivity contribution is -0.199. The number of rotatable bonds is 36. The summed E-state index contributed by atoms with van der Waals surface area (Å²) < 4.78 is 39.0. The first-order valence-corrected chi connectivity index (χ1v) is 22.7. The lowest BCUT2D eigenvalue weighted by atomic mass is 9.87. The van der Waals surface area contributed by atoms with E-state index in [4.69, 9.17) is 29.0 Å². The molecule has 7 unspecified atom stereocenters. The van der Waals surface area contributed by atoms with Gasteiger partial charge in [0.05, 0.1) is 38.1 Å². The second-order valence-electron chi connectivity index (χ2n) is 14.7. The number of hydrogen-bond acceptors (Lipinski definition) is 11. The van der Waals surface area contributed by atoms with E-state index in [0.29, 0.717) is 32.3 Å². The van der Waals surface area contributed by atoms with Crippen LogP contribution in [0.3, 0.4) is 0 Å². The SMILES string of the molecule is CCCCCCCCCCCCCCCCOCC(COP(=O)(O)OCCN)OC(=O)CCC/C=C\CC1C(O)CC(O)OC1/C=C/C(O)CCCCC. The third kappa shape index (κ3) is 28.3. The highest BCUT2D eigenvalue weighted by atomic mass is 31.2. The number of hydrogen-bond donors (Lipinski definition) is 5. The Hall–Kier alpha value is -1.18. The number of carbonyl (C=O) groups is 1. The van der Waals surface area contributed by atoms with Crippen LogP contribution in [0, 0.1) is 5.92 Å². The molecule has 0 aliphatic carbocycles. The van der Waals surface area contributed by atoms with Crippen molar-refractivity contribution in [3.8, 4) is 0 Å². The molecule has 0 amide bonds. The molecule has 0 aromatic rings. The molecule has 318 valence electrons. The van der Waals surface area contributed by atoms with Gasteiger partial charge in [0, 0.05) is 31.9 Å². The van der Waals surface area contributed by atoms with E-state index in [1.807, 2.05) is 12.2 Å². The summed E-state index contributed by atoms with van der Waals surface area (Å²) in [7, 11) is -4.35. The average Bonchev–Trinajstić information content (AvgIpc) is 3.14. The van der Waals surface area contributed by atoms with Gasteiger partial charge in [0.1, 0.15) is 6.10 Å². The molecule has 1 saturated heterocycles. The molecule has 1 heterocycles. The molecule has 13 heteroatoms. The Balaban J connectivity index is 2.41. The lowest BCUT2D eigenvalue weighted by Crippen LogP contribution is -2.43. The number of esters is 1. The summed E-state index contributed by atoms with van der Waals surface area (Å²) in [6.45, 7) is 4.45. The first-order valence-electron chi connectivity index (χ1n) is 21.2. The summed E-state index contributed by atoms with van der Waals surface area (Å²) in [5.74, 6) is -0.754. The average molecular weight is 792 g/mol. The summed E-state index contributed by atoms with van der Waals surface area (Å²) in [4.78, 5) is 22.6. The summed E-state index contributed by atoms with van der Waals surface area (Å²) >= 11 is 0. The Labute approximate surface area is 327 Å². The van der Waals surface area contributed by atoms with Crippen LogP contribution in [0.4, 0.5) is 0 Å². The van der Waals surface area contributed by atoms with Crippen LogP contribution in [0.5, 0.6) is 0 Å². The van der Waals surface area contributed by atoms with Gasteiger partial charge in [0.2, 0.25) is 0 Å². The monoisotopic (exact) mass is 792 g/mol. The molecule has 0 aromatic heterocycles. The molecule has 0 aromatic carbocycles. The quantitative estimate of drug-likeness (QED) is 0.0178. The minimum atomic E-state index is -4.35. The van der Waals surface area contributed by atoms with Gasteiger partial charge < -0.3 is 40.2 Å². The summed E-state index contributed by atoms with van der Waals surface area (Å²) in [6.07, 6.45) is 26.7. The number of phosphoric acid groups is 1. The molecule has 12 nitrogen and oxygen atoms in total. The smallest absolute Gasteiger partial charge is 0.457 e. The van der Waals surface area contributed by atoms with E-state index < -0.39 is 44.5 Å². The Bertz CT molecular complexity index is 1000. The van der Waals surface area contributed by atoms with Gasteiger partial charge in [-0.05, 0) is 32.1 Å². The zero-order valence-corrected chi connectivity index (χ0v) is 34.6. The van der Waals surface area contributed by atoms with Gasteiger partial charge in [-0.25, -0.2) is 4.57 Å².